The monoisotopic (exact) mass is 261 g/mol. The molecule has 1 amide bonds. The average molecular weight is 262 g/mol. The number of nitrogens with zero attached hydrogens (tertiary/aromatic N) is 1. The lowest BCUT2D eigenvalue weighted by Crippen LogP contribution is -2.46. The van der Waals surface area contributed by atoms with Gasteiger partial charge < -0.3 is 4.90 Å². The second kappa shape index (κ2) is 5.00. The number of benzene rings is 1. The van der Waals surface area contributed by atoms with Crippen molar-refractivity contribution in [1.82, 2.24) is 4.90 Å². The summed E-state index contributed by atoms with van der Waals surface area (Å²) in [7, 11) is 1.51. The lowest BCUT2D eigenvalue weighted by Gasteiger charge is -2.34. The van der Waals surface area contributed by atoms with Gasteiger partial charge in [-0.1, -0.05) is 6.07 Å². The molecule has 0 spiro atoms. The Kier molecular flexibility index (Phi) is 4.09. The topological polar surface area (TPSA) is 20.3 Å². The zero-order valence-electron chi connectivity index (χ0n) is 9.93. The molecule has 0 fully saturated rings. The number of carbonyl (C=O) groups excluding carboxylic acids is 1. The third-order valence-corrected chi connectivity index (χ3v) is 3.38. The molecule has 1 aromatic carbocycles. The van der Waals surface area contributed by atoms with Crippen molar-refractivity contribution in [1.29, 1.82) is 0 Å². The zero-order valence-corrected chi connectivity index (χ0v) is 10.7. The van der Waals surface area contributed by atoms with Crippen LogP contribution in [0.1, 0.15) is 24.2 Å². The van der Waals surface area contributed by atoms with E-state index in [1.165, 1.54) is 24.1 Å². The predicted molar refractivity (Wildman–Crippen MR) is 63.3 cm³/mol. The van der Waals surface area contributed by atoms with Crippen LogP contribution in [0.4, 0.5) is 8.78 Å². The maximum atomic E-state index is 13.4. The summed E-state index contributed by atoms with van der Waals surface area (Å²) in [6, 6.07) is 3.52. The van der Waals surface area contributed by atoms with E-state index >= 15 is 0 Å². The van der Waals surface area contributed by atoms with Gasteiger partial charge in [-0.3, -0.25) is 4.79 Å². The number of hydrogen-bond donors (Lipinski definition) is 0. The van der Waals surface area contributed by atoms with Gasteiger partial charge in [-0.25, -0.2) is 8.78 Å². The van der Waals surface area contributed by atoms with Crippen LogP contribution in [0.15, 0.2) is 18.2 Å². The van der Waals surface area contributed by atoms with E-state index in [-0.39, 0.29) is 11.4 Å². The van der Waals surface area contributed by atoms with Crippen LogP contribution in [0.2, 0.25) is 0 Å². The third kappa shape index (κ3) is 2.75. The second-order valence-corrected chi connectivity index (χ2v) is 4.68. The lowest BCUT2D eigenvalue weighted by atomic mass is 10.0. The first kappa shape index (κ1) is 13.9. The van der Waals surface area contributed by atoms with Crippen LogP contribution in [0.5, 0.6) is 0 Å². The molecule has 0 heterocycles. The molecule has 0 aliphatic heterocycles. The number of alkyl halides is 1. The lowest BCUT2D eigenvalue weighted by molar-refractivity contribution is 0.0654. The van der Waals surface area contributed by atoms with Crippen LogP contribution in [-0.2, 0) is 0 Å². The molecule has 2 nitrogen and oxygen atoms in total. The van der Waals surface area contributed by atoms with Crippen LogP contribution < -0.4 is 0 Å². The summed E-state index contributed by atoms with van der Waals surface area (Å²) in [6.45, 7) is 3.49. The van der Waals surface area contributed by atoms with Gasteiger partial charge in [0.1, 0.15) is 0 Å². The van der Waals surface area contributed by atoms with Crippen molar-refractivity contribution in [3.63, 3.8) is 0 Å². The average Bonchev–Trinajstić information content (AvgIpc) is 2.30. The predicted octanol–water partition coefficient (Wildman–Crippen LogP) is 3.05. The van der Waals surface area contributed by atoms with E-state index < -0.39 is 23.1 Å². The third-order valence-electron chi connectivity index (χ3n) is 2.72. The first-order chi connectivity index (χ1) is 7.81. The van der Waals surface area contributed by atoms with Gasteiger partial charge in [-0.15, -0.1) is 11.6 Å². The summed E-state index contributed by atoms with van der Waals surface area (Å²) in [5.74, 6) is -2.55. The molecule has 0 bridgehead atoms. The quantitative estimate of drug-likeness (QED) is 0.766. The largest absolute Gasteiger partial charge is 0.335 e. The molecule has 0 saturated heterocycles. The molecule has 1 rings (SSSR count). The molecule has 0 atom stereocenters. The van der Waals surface area contributed by atoms with Gasteiger partial charge in [0.15, 0.2) is 11.6 Å². The SMILES string of the molecule is CN(C(=O)c1cccc(F)c1F)C(C)(C)CCl. The minimum atomic E-state index is -1.13. The first-order valence-corrected chi connectivity index (χ1v) is 5.63. The molecule has 0 N–H and O–H groups in total. The van der Waals surface area contributed by atoms with Crippen molar-refractivity contribution in [2.45, 2.75) is 19.4 Å². The zero-order chi connectivity index (χ0) is 13.2. The molecule has 0 aliphatic carbocycles. The van der Waals surface area contributed by atoms with E-state index in [2.05, 4.69) is 0 Å². The summed E-state index contributed by atoms with van der Waals surface area (Å²) in [6.07, 6.45) is 0. The molecule has 17 heavy (non-hydrogen) atoms. The van der Waals surface area contributed by atoms with E-state index in [1.807, 2.05) is 0 Å². The number of rotatable bonds is 3. The van der Waals surface area contributed by atoms with Crippen LogP contribution in [-0.4, -0.2) is 29.3 Å². The van der Waals surface area contributed by atoms with Crippen LogP contribution in [0.25, 0.3) is 0 Å². The van der Waals surface area contributed by atoms with Crippen LogP contribution in [0, 0.1) is 11.6 Å². The van der Waals surface area contributed by atoms with Crippen molar-refractivity contribution < 1.29 is 13.6 Å². The number of amides is 1. The van der Waals surface area contributed by atoms with E-state index in [1.54, 1.807) is 13.8 Å². The van der Waals surface area contributed by atoms with Crippen molar-refractivity contribution in [2.24, 2.45) is 0 Å². The highest BCUT2D eigenvalue weighted by atomic mass is 35.5. The normalized spacial score (nSPS) is 11.4. The molecule has 1 aromatic rings. The van der Waals surface area contributed by atoms with Gasteiger partial charge in [0, 0.05) is 12.9 Å². The van der Waals surface area contributed by atoms with E-state index in [0.717, 1.165) is 6.07 Å². The summed E-state index contributed by atoms with van der Waals surface area (Å²) < 4.78 is 26.5. The van der Waals surface area contributed by atoms with Crippen molar-refractivity contribution in [3.8, 4) is 0 Å². The standard InChI is InChI=1S/C12H14ClF2NO/c1-12(2,7-13)16(3)11(17)8-5-4-6-9(14)10(8)15/h4-6H,7H2,1-3H3. The van der Waals surface area contributed by atoms with Gasteiger partial charge in [-0.2, -0.15) is 0 Å². The molecule has 94 valence electrons. The minimum absolute atomic E-state index is 0.201. The number of carbonyl (C=O) groups is 1. The molecular weight excluding hydrogens is 248 g/mol. The van der Waals surface area contributed by atoms with Gasteiger partial charge >= 0.3 is 0 Å². The summed E-state index contributed by atoms with van der Waals surface area (Å²) >= 11 is 5.73. The molecule has 0 saturated carbocycles. The smallest absolute Gasteiger partial charge is 0.257 e. The van der Waals surface area contributed by atoms with E-state index in [4.69, 9.17) is 11.6 Å². The Morgan fingerprint density at radius 3 is 2.53 bits per heavy atom. The van der Waals surface area contributed by atoms with Crippen LogP contribution >= 0.6 is 11.6 Å². The Labute approximate surface area is 104 Å². The number of halogens is 3. The van der Waals surface area contributed by atoms with Crippen molar-refractivity contribution >= 4 is 17.5 Å². The van der Waals surface area contributed by atoms with Gasteiger partial charge in [-0.05, 0) is 26.0 Å². The maximum absolute atomic E-state index is 13.4. The van der Waals surface area contributed by atoms with Gasteiger partial charge in [0.05, 0.1) is 11.1 Å². The molecular formula is C12H14ClF2NO. The highest BCUT2D eigenvalue weighted by molar-refractivity contribution is 6.18. The fraction of sp³-hybridized carbons (Fsp3) is 0.417. The Hall–Kier alpha value is -1.16. The Bertz CT molecular complexity index is 435. The van der Waals surface area contributed by atoms with E-state index in [0.29, 0.717) is 0 Å². The van der Waals surface area contributed by atoms with Crippen molar-refractivity contribution in [2.75, 3.05) is 12.9 Å². The summed E-state index contributed by atoms with van der Waals surface area (Å²) in [5, 5.41) is 0. The second-order valence-electron chi connectivity index (χ2n) is 4.41. The highest BCUT2D eigenvalue weighted by Gasteiger charge is 2.29. The van der Waals surface area contributed by atoms with Gasteiger partial charge in [0.2, 0.25) is 0 Å². The van der Waals surface area contributed by atoms with E-state index in [9.17, 15) is 13.6 Å². The van der Waals surface area contributed by atoms with Crippen molar-refractivity contribution in [3.05, 3.63) is 35.4 Å². The summed E-state index contributed by atoms with van der Waals surface area (Å²) in [5.41, 5.74) is -0.914. The van der Waals surface area contributed by atoms with Gasteiger partial charge in [0.25, 0.3) is 5.91 Å². The maximum Gasteiger partial charge on any atom is 0.257 e. The molecule has 0 aromatic heterocycles. The summed E-state index contributed by atoms with van der Waals surface area (Å²) in [4.78, 5) is 13.3. The Morgan fingerprint density at radius 2 is 2.00 bits per heavy atom. The first-order valence-electron chi connectivity index (χ1n) is 5.09. The number of hydrogen-bond acceptors (Lipinski definition) is 1. The Balaban J connectivity index is 3.09. The minimum Gasteiger partial charge on any atom is -0.335 e. The molecule has 5 heteroatoms. The van der Waals surface area contributed by atoms with Crippen LogP contribution in [0.3, 0.4) is 0 Å². The fourth-order valence-corrected chi connectivity index (χ4v) is 1.39. The highest BCUT2D eigenvalue weighted by Crippen LogP contribution is 2.20. The molecule has 0 radical (unpaired) electrons. The Morgan fingerprint density at radius 1 is 1.41 bits per heavy atom. The molecule has 0 aliphatic rings. The fourth-order valence-electron chi connectivity index (χ4n) is 1.21. The molecule has 0 unspecified atom stereocenters.